The van der Waals surface area contributed by atoms with Gasteiger partial charge in [-0.3, -0.25) is 0 Å². The summed E-state index contributed by atoms with van der Waals surface area (Å²) in [5, 5.41) is 10.2. The number of hydrogen-bond acceptors (Lipinski definition) is 5. The third-order valence-corrected chi connectivity index (χ3v) is 4.71. The molecule has 1 N–H and O–H groups in total. The molecule has 1 heterocycles. The van der Waals surface area contributed by atoms with E-state index >= 15 is 0 Å². The molecule has 0 saturated carbocycles. The van der Waals surface area contributed by atoms with Crippen molar-refractivity contribution in [3.8, 4) is 5.75 Å². The van der Waals surface area contributed by atoms with Gasteiger partial charge in [0, 0.05) is 11.7 Å². The van der Waals surface area contributed by atoms with Crippen molar-refractivity contribution in [3.63, 3.8) is 0 Å². The van der Waals surface area contributed by atoms with Crippen molar-refractivity contribution in [2.45, 2.75) is 4.90 Å². The smallest absolute Gasteiger partial charge is 0.200 e. The van der Waals surface area contributed by atoms with Crippen molar-refractivity contribution in [1.29, 1.82) is 0 Å². The van der Waals surface area contributed by atoms with Gasteiger partial charge >= 0.3 is 0 Å². The zero-order valence-electron chi connectivity index (χ0n) is 8.91. The van der Waals surface area contributed by atoms with Gasteiger partial charge in [0.05, 0.1) is 10.6 Å². The second kappa shape index (κ2) is 3.58. The summed E-state index contributed by atoms with van der Waals surface area (Å²) in [4.78, 5) is -0.0452. The molecule has 0 radical (unpaired) electrons. The Balaban J connectivity index is 2.62. The van der Waals surface area contributed by atoms with E-state index < -0.39 is 19.7 Å². The first-order valence-electron chi connectivity index (χ1n) is 4.66. The highest BCUT2D eigenvalue weighted by Gasteiger charge is 2.28. The van der Waals surface area contributed by atoms with E-state index in [1.165, 1.54) is 12.1 Å². The van der Waals surface area contributed by atoms with E-state index in [4.69, 9.17) is 0 Å². The molecule has 1 aliphatic heterocycles. The number of benzene rings is 1. The van der Waals surface area contributed by atoms with Crippen molar-refractivity contribution in [2.75, 3.05) is 12.0 Å². The molecule has 17 heavy (non-hydrogen) atoms. The van der Waals surface area contributed by atoms with Gasteiger partial charge in [-0.25, -0.2) is 16.8 Å². The van der Waals surface area contributed by atoms with Gasteiger partial charge in [-0.05, 0) is 29.3 Å². The summed E-state index contributed by atoms with van der Waals surface area (Å²) < 4.78 is 45.8. The fourth-order valence-electron chi connectivity index (χ4n) is 1.72. The van der Waals surface area contributed by atoms with E-state index in [0.29, 0.717) is 5.56 Å². The SMILES string of the molecule is CS(=O)(=O)CC1=CS(=O)(=O)c2cc(O)ccc21. The predicted molar refractivity (Wildman–Crippen MR) is 63.0 cm³/mol. The second-order valence-corrected chi connectivity index (χ2v) is 7.84. The summed E-state index contributed by atoms with van der Waals surface area (Å²) >= 11 is 0. The number of hydrogen-bond donors (Lipinski definition) is 1. The molecule has 7 heteroatoms. The van der Waals surface area contributed by atoms with Crippen LogP contribution in [-0.2, 0) is 19.7 Å². The minimum Gasteiger partial charge on any atom is -0.508 e. The van der Waals surface area contributed by atoms with Gasteiger partial charge in [-0.15, -0.1) is 0 Å². The topological polar surface area (TPSA) is 88.5 Å². The quantitative estimate of drug-likeness (QED) is 0.851. The molecule has 0 fully saturated rings. The first-order valence-corrected chi connectivity index (χ1v) is 8.26. The van der Waals surface area contributed by atoms with Crippen LogP contribution in [0.15, 0.2) is 28.5 Å². The number of fused-ring (bicyclic) bond motifs is 1. The standard InChI is InChI=1S/C10H10O5S2/c1-16(12,13)5-7-6-17(14,15)10-4-8(11)2-3-9(7)10/h2-4,6,11H,5H2,1H3. The molecule has 0 aliphatic carbocycles. The highest BCUT2D eigenvalue weighted by atomic mass is 32.2. The van der Waals surface area contributed by atoms with Gasteiger partial charge in [0.1, 0.15) is 5.75 Å². The van der Waals surface area contributed by atoms with Crippen LogP contribution >= 0.6 is 0 Å². The van der Waals surface area contributed by atoms with Crippen LogP contribution in [0.5, 0.6) is 5.75 Å². The van der Waals surface area contributed by atoms with Gasteiger partial charge in [0.2, 0.25) is 9.84 Å². The molecule has 1 aliphatic rings. The summed E-state index contributed by atoms with van der Waals surface area (Å²) in [7, 11) is -6.94. The van der Waals surface area contributed by atoms with Crippen LogP contribution in [0.3, 0.4) is 0 Å². The van der Waals surface area contributed by atoms with E-state index in [0.717, 1.165) is 17.7 Å². The van der Waals surface area contributed by atoms with Crippen molar-refractivity contribution in [1.82, 2.24) is 0 Å². The molecule has 0 unspecified atom stereocenters. The average molecular weight is 274 g/mol. The summed E-state index contributed by atoms with van der Waals surface area (Å²) in [6.45, 7) is 0. The van der Waals surface area contributed by atoms with Crippen LogP contribution < -0.4 is 0 Å². The summed E-state index contributed by atoms with van der Waals surface area (Å²) in [6, 6.07) is 3.86. The monoisotopic (exact) mass is 274 g/mol. The molecule has 0 aromatic heterocycles. The zero-order chi connectivity index (χ0) is 12.8. The molecular weight excluding hydrogens is 264 g/mol. The first kappa shape index (κ1) is 12.1. The van der Waals surface area contributed by atoms with Gasteiger partial charge < -0.3 is 5.11 Å². The maximum absolute atomic E-state index is 11.7. The Morgan fingerprint density at radius 3 is 2.53 bits per heavy atom. The van der Waals surface area contributed by atoms with Crippen LogP contribution in [0, 0.1) is 0 Å². The lowest BCUT2D eigenvalue weighted by Gasteiger charge is -2.03. The average Bonchev–Trinajstić information content (AvgIpc) is 2.35. The van der Waals surface area contributed by atoms with E-state index in [1.54, 1.807) is 0 Å². The Labute approximate surface area is 99.2 Å². The third-order valence-electron chi connectivity index (χ3n) is 2.33. The normalized spacial score (nSPS) is 17.6. The molecule has 0 atom stereocenters. The minimum atomic E-state index is -3.64. The van der Waals surface area contributed by atoms with E-state index in [-0.39, 0.29) is 22.0 Å². The number of phenols is 1. The van der Waals surface area contributed by atoms with Crippen LogP contribution in [-0.4, -0.2) is 34.0 Å². The number of phenolic OH excluding ortho intramolecular Hbond substituents is 1. The third kappa shape index (κ3) is 2.34. The summed E-state index contributed by atoms with van der Waals surface area (Å²) in [5.41, 5.74) is 0.579. The number of sulfone groups is 2. The Morgan fingerprint density at radius 1 is 1.29 bits per heavy atom. The van der Waals surface area contributed by atoms with Crippen molar-refractivity contribution < 1.29 is 21.9 Å². The molecule has 1 aromatic carbocycles. The molecule has 0 amide bonds. The molecule has 0 bridgehead atoms. The van der Waals surface area contributed by atoms with Crippen molar-refractivity contribution >= 4 is 25.2 Å². The van der Waals surface area contributed by atoms with Crippen LogP contribution in [0.2, 0.25) is 0 Å². The first-order chi connectivity index (χ1) is 7.69. The Bertz CT molecular complexity index is 711. The predicted octanol–water partition coefficient (Wildman–Crippen LogP) is 0.565. The summed E-state index contributed by atoms with van der Waals surface area (Å²) in [5.74, 6) is -0.495. The van der Waals surface area contributed by atoms with Gasteiger partial charge in [0.25, 0.3) is 0 Å². The highest BCUT2D eigenvalue weighted by Crippen LogP contribution is 2.35. The maximum atomic E-state index is 11.7. The van der Waals surface area contributed by atoms with Gasteiger partial charge in [0.15, 0.2) is 9.84 Å². The lowest BCUT2D eigenvalue weighted by atomic mass is 10.1. The van der Waals surface area contributed by atoms with E-state index in [2.05, 4.69) is 0 Å². The summed E-state index contributed by atoms with van der Waals surface area (Å²) in [6.07, 6.45) is 1.04. The Hall–Kier alpha value is -1.34. The van der Waals surface area contributed by atoms with Gasteiger partial charge in [-0.2, -0.15) is 0 Å². The van der Waals surface area contributed by atoms with E-state index in [9.17, 15) is 21.9 Å². The van der Waals surface area contributed by atoms with Crippen molar-refractivity contribution in [2.24, 2.45) is 0 Å². The minimum absolute atomic E-state index is 0.0452. The van der Waals surface area contributed by atoms with Crippen LogP contribution in [0.25, 0.3) is 5.57 Å². The lowest BCUT2D eigenvalue weighted by Crippen LogP contribution is -2.04. The van der Waals surface area contributed by atoms with Crippen molar-refractivity contribution in [3.05, 3.63) is 29.2 Å². The van der Waals surface area contributed by atoms with Gasteiger partial charge in [-0.1, -0.05) is 0 Å². The largest absolute Gasteiger partial charge is 0.508 e. The molecular formula is C10H10O5S2. The molecule has 92 valence electrons. The second-order valence-electron chi connectivity index (χ2n) is 3.94. The van der Waals surface area contributed by atoms with Crippen LogP contribution in [0.1, 0.15) is 5.56 Å². The highest BCUT2D eigenvalue weighted by molar-refractivity contribution is 7.95. The Kier molecular flexibility index (Phi) is 2.55. The fourth-order valence-corrected chi connectivity index (χ4v) is 4.13. The van der Waals surface area contributed by atoms with E-state index in [1.807, 2.05) is 0 Å². The number of rotatable bonds is 2. The zero-order valence-corrected chi connectivity index (χ0v) is 10.5. The molecule has 2 rings (SSSR count). The Morgan fingerprint density at radius 2 is 1.94 bits per heavy atom. The molecule has 1 aromatic rings. The van der Waals surface area contributed by atoms with Crippen LogP contribution in [0.4, 0.5) is 0 Å². The fraction of sp³-hybridized carbons (Fsp3) is 0.200. The molecule has 5 nitrogen and oxygen atoms in total. The number of aromatic hydroxyl groups is 1. The molecule has 0 spiro atoms. The maximum Gasteiger partial charge on any atom is 0.200 e. The lowest BCUT2D eigenvalue weighted by molar-refractivity contribution is 0.473. The molecule has 0 saturated heterocycles.